The first kappa shape index (κ1) is 19.9. The molecule has 0 atom stereocenters. The van der Waals surface area contributed by atoms with E-state index in [9.17, 15) is 35.5 Å². The number of alkyl halides is 7. The Balaban J connectivity index is 2.19. The van der Waals surface area contributed by atoms with E-state index in [0.29, 0.717) is 21.1 Å². The summed E-state index contributed by atoms with van der Waals surface area (Å²) in [5.41, 5.74) is 0. The van der Waals surface area contributed by atoms with Gasteiger partial charge in [0.25, 0.3) is 6.10 Å². The van der Waals surface area contributed by atoms with Crippen molar-refractivity contribution in [2.24, 2.45) is 0 Å². The Kier molecular flexibility index (Phi) is 5.67. The molecule has 26 heavy (non-hydrogen) atoms. The van der Waals surface area contributed by atoms with Crippen LogP contribution in [0.4, 0.5) is 35.5 Å². The minimum atomic E-state index is -5.79. The molecule has 0 saturated carbocycles. The molecule has 1 heterocycles. The third-order valence-corrected chi connectivity index (χ3v) is 3.19. The molecule has 1 aromatic carbocycles. The number of fused-ring (bicyclic) bond motifs is 1. The summed E-state index contributed by atoms with van der Waals surface area (Å²) in [5.74, 6) is 0.306. The fraction of sp³-hybridized carbons (Fsp3) is 0.400. The molecule has 0 radical (unpaired) electrons. The molecule has 0 aliphatic heterocycles. The number of ether oxygens (including phenoxy) is 2. The fourth-order valence-corrected chi connectivity index (χ4v) is 2.04. The maximum Gasteiger partial charge on any atom is 0.434 e. The topological polar surface area (TPSA) is 40.5 Å². The SMILES string of the molecule is O=C(OC(C(F)(F)F)C(F)(F)F)n1cc2ccc(OCCCF)cc2c1. The summed E-state index contributed by atoms with van der Waals surface area (Å²) in [6.45, 7) is -0.492. The zero-order valence-electron chi connectivity index (χ0n) is 12.9. The first-order valence-electron chi connectivity index (χ1n) is 7.17. The van der Waals surface area contributed by atoms with Crippen molar-refractivity contribution >= 4 is 16.9 Å². The largest absolute Gasteiger partial charge is 0.493 e. The van der Waals surface area contributed by atoms with Crippen LogP contribution in [0.25, 0.3) is 10.8 Å². The van der Waals surface area contributed by atoms with Crippen molar-refractivity contribution in [3.63, 3.8) is 0 Å². The first-order chi connectivity index (χ1) is 12.0. The van der Waals surface area contributed by atoms with E-state index in [1.807, 2.05) is 0 Å². The molecule has 0 N–H and O–H groups in total. The molecule has 144 valence electrons. The van der Waals surface area contributed by atoms with Crippen LogP contribution in [0.15, 0.2) is 30.6 Å². The average molecular weight is 387 g/mol. The second-order valence-electron chi connectivity index (χ2n) is 5.19. The van der Waals surface area contributed by atoms with E-state index in [0.717, 1.165) is 12.4 Å². The summed E-state index contributed by atoms with van der Waals surface area (Å²) in [6, 6.07) is 4.31. The molecule has 0 saturated heterocycles. The van der Waals surface area contributed by atoms with Crippen LogP contribution in [0.1, 0.15) is 6.42 Å². The molecule has 0 fully saturated rings. The monoisotopic (exact) mass is 387 g/mol. The zero-order chi connectivity index (χ0) is 19.5. The first-order valence-corrected chi connectivity index (χ1v) is 7.17. The predicted molar refractivity (Wildman–Crippen MR) is 75.8 cm³/mol. The van der Waals surface area contributed by atoms with Gasteiger partial charge in [-0.3, -0.25) is 8.96 Å². The smallest absolute Gasteiger partial charge is 0.434 e. The molecule has 0 aliphatic rings. The lowest BCUT2D eigenvalue weighted by atomic mass is 10.2. The second kappa shape index (κ2) is 7.42. The standard InChI is InChI=1S/C15H12F7NO3/c16-4-1-5-25-11-3-2-9-7-23(8-10(9)6-11)13(24)26-12(14(17,18)19)15(20,21)22/h2-3,6-8,12H,1,4-5H2. The van der Waals surface area contributed by atoms with Crippen LogP contribution in [-0.2, 0) is 4.74 Å². The van der Waals surface area contributed by atoms with Crippen molar-refractivity contribution < 1.29 is 45.0 Å². The minimum absolute atomic E-state index is 0.0869. The molecule has 1 aromatic heterocycles. The Morgan fingerprint density at radius 3 is 2.23 bits per heavy atom. The summed E-state index contributed by atoms with van der Waals surface area (Å²) in [7, 11) is 0. The van der Waals surface area contributed by atoms with E-state index in [-0.39, 0.29) is 13.0 Å². The summed E-state index contributed by atoms with van der Waals surface area (Å²) in [4.78, 5) is 11.7. The molecule has 0 unspecified atom stereocenters. The van der Waals surface area contributed by atoms with Gasteiger partial charge in [-0.2, -0.15) is 26.3 Å². The minimum Gasteiger partial charge on any atom is -0.493 e. The molecule has 2 aromatic rings. The van der Waals surface area contributed by atoms with E-state index < -0.39 is 31.2 Å². The van der Waals surface area contributed by atoms with E-state index in [1.165, 1.54) is 18.2 Å². The predicted octanol–water partition coefficient (Wildman–Crippen LogP) is 4.86. The summed E-state index contributed by atoms with van der Waals surface area (Å²) < 4.78 is 96.0. The summed E-state index contributed by atoms with van der Waals surface area (Å²) in [6.07, 6.45) is -15.5. The Morgan fingerprint density at radius 1 is 1.04 bits per heavy atom. The van der Waals surface area contributed by atoms with Crippen LogP contribution in [0.2, 0.25) is 0 Å². The van der Waals surface area contributed by atoms with Gasteiger partial charge in [-0.05, 0) is 18.2 Å². The maximum atomic E-state index is 12.4. The van der Waals surface area contributed by atoms with Crippen LogP contribution in [0.5, 0.6) is 5.75 Å². The van der Waals surface area contributed by atoms with Gasteiger partial charge in [-0.1, -0.05) is 0 Å². The molecule has 0 aliphatic carbocycles. The fourth-order valence-electron chi connectivity index (χ4n) is 2.04. The van der Waals surface area contributed by atoms with Gasteiger partial charge in [0.15, 0.2) is 0 Å². The lowest BCUT2D eigenvalue weighted by Crippen LogP contribution is -2.46. The van der Waals surface area contributed by atoms with Crippen LogP contribution >= 0.6 is 0 Å². The Hall–Kier alpha value is -2.46. The third-order valence-electron chi connectivity index (χ3n) is 3.19. The number of nitrogens with zero attached hydrogens (tertiary/aromatic N) is 1. The molecule has 0 spiro atoms. The highest BCUT2D eigenvalue weighted by Crippen LogP contribution is 2.36. The number of rotatable bonds is 5. The van der Waals surface area contributed by atoms with Crippen molar-refractivity contribution in [2.75, 3.05) is 13.3 Å². The number of benzene rings is 1. The van der Waals surface area contributed by atoms with Crippen LogP contribution in [0.3, 0.4) is 0 Å². The van der Waals surface area contributed by atoms with E-state index in [2.05, 4.69) is 4.74 Å². The number of hydrogen-bond acceptors (Lipinski definition) is 3. The number of carbonyl (C=O) groups is 1. The molecular formula is C15H12F7NO3. The van der Waals surface area contributed by atoms with Crippen molar-refractivity contribution in [3.8, 4) is 5.75 Å². The molecule has 11 heteroatoms. The third kappa shape index (κ3) is 4.79. The summed E-state index contributed by atoms with van der Waals surface area (Å²) in [5, 5.41) is 0.672. The molecule has 2 rings (SSSR count). The van der Waals surface area contributed by atoms with Gasteiger partial charge in [0, 0.05) is 29.6 Å². The lowest BCUT2D eigenvalue weighted by molar-refractivity contribution is -0.306. The second-order valence-corrected chi connectivity index (χ2v) is 5.19. The van der Waals surface area contributed by atoms with Gasteiger partial charge >= 0.3 is 18.4 Å². The Bertz CT molecular complexity index is 753. The van der Waals surface area contributed by atoms with Crippen molar-refractivity contribution in [1.82, 2.24) is 4.57 Å². The molecule has 4 nitrogen and oxygen atoms in total. The average Bonchev–Trinajstić information content (AvgIpc) is 2.93. The highest BCUT2D eigenvalue weighted by molar-refractivity contribution is 5.88. The Labute approximate surface area is 142 Å². The van der Waals surface area contributed by atoms with Crippen molar-refractivity contribution in [3.05, 3.63) is 30.6 Å². The molecular weight excluding hydrogens is 375 g/mol. The maximum absolute atomic E-state index is 12.4. The summed E-state index contributed by atoms with van der Waals surface area (Å²) >= 11 is 0. The highest BCUT2D eigenvalue weighted by atomic mass is 19.4. The van der Waals surface area contributed by atoms with E-state index in [1.54, 1.807) is 0 Å². The van der Waals surface area contributed by atoms with Crippen LogP contribution in [0, 0.1) is 0 Å². The normalized spacial score (nSPS) is 12.6. The van der Waals surface area contributed by atoms with Gasteiger partial charge in [0.05, 0.1) is 13.3 Å². The van der Waals surface area contributed by atoms with E-state index in [4.69, 9.17) is 4.74 Å². The van der Waals surface area contributed by atoms with Gasteiger partial charge in [0.1, 0.15) is 5.75 Å². The highest BCUT2D eigenvalue weighted by Gasteiger charge is 2.60. The number of aromatic nitrogens is 1. The van der Waals surface area contributed by atoms with Crippen LogP contribution < -0.4 is 4.74 Å². The van der Waals surface area contributed by atoms with Gasteiger partial charge in [-0.15, -0.1) is 0 Å². The number of carbonyl (C=O) groups excluding carboxylic acids is 1. The number of halogens is 7. The quantitative estimate of drug-likeness (QED) is 0.544. The van der Waals surface area contributed by atoms with Gasteiger partial charge < -0.3 is 9.47 Å². The van der Waals surface area contributed by atoms with E-state index >= 15 is 0 Å². The zero-order valence-corrected chi connectivity index (χ0v) is 12.9. The van der Waals surface area contributed by atoms with Crippen molar-refractivity contribution in [2.45, 2.75) is 24.9 Å². The lowest BCUT2D eigenvalue weighted by Gasteiger charge is -2.22. The number of hydrogen-bond donors (Lipinski definition) is 0. The Morgan fingerprint density at radius 2 is 1.65 bits per heavy atom. The van der Waals surface area contributed by atoms with Gasteiger partial charge in [-0.25, -0.2) is 4.79 Å². The molecule has 0 amide bonds. The van der Waals surface area contributed by atoms with Crippen LogP contribution in [-0.4, -0.2) is 42.4 Å². The van der Waals surface area contributed by atoms with Gasteiger partial charge in [0.2, 0.25) is 0 Å². The van der Waals surface area contributed by atoms with Crippen molar-refractivity contribution in [1.29, 1.82) is 0 Å². The molecule has 0 bridgehead atoms.